The van der Waals surface area contributed by atoms with Crippen molar-refractivity contribution in [2.24, 2.45) is 0 Å². The molecule has 0 amide bonds. The van der Waals surface area contributed by atoms with E-state index in [-0.39, 0.29) is 17.0 Å². The van der Waals surface area contributed by atoms with Gasteiger partial charge in [0, 0.05) is 30.1 Å². The van der Waals surface area contributed by atoms with Crippen molar-refractivity contribution in [1.82, 2.24) is 5.32 Å². The second-order valence-corrected chi connectivity index (χ2v) is 6.84. The fraction of sp³-hybridized carbons (Fsp3) is 0.368. The number of β-amino-alcohol motifs (C(OH)–C–C–N with tert-alkyl or cyclic N) is 1. The Balaban J connectivity index is 2.30. The van der Waals surface area contributed by atoms with Gasteiger partial charge < -0.3 is 20.6 Å². The van der Waals surface area contributed by atoms with Gasteiger partial charge in [-0.2, -0.15) is 0 Å². The van der Waals surface area contributed by atoms with Crippen LogP contribution in [0.3, 0.4) is 0 Å². The first-order valence-corrected chi connectivity index (χ1v) is 7.78. The Bertz CT molecular complexity index is 648. The molecule has 0 radical (unpaired) electrons. The lowest BCUT2D eigenvalue weighted by molar-refractivity contribution is 0.161. The molecular weight excluding hydrogens is 290 g/mol. The van der Waals surface area contributed by atoms with E-state index in [0.29, 0.717) is 24.1 Å². The largest absolute Gasteiger partial charge is 0.508 e. The first kappa shape index (κ1) is 17.3. The average Bonchev–Trinajstić information content (AvgIpc) is 2.47. The Hall–Kier alpha value is -2.04. The van der Waals surface area contributed by atoms with Crippen LogP contribution >= 0.6 is 0 Å². The molecule has 0 aliphatic carbocycles. The van der Waals surface area contributed by atoms with Crippen LogP contribution in [0.5, 0.6) is 11.5 Å². The van der Waals surface area contributed by atoms with Crippen molar-refractivity contribution in [2.75, 3.05) is 6.54 Å². The molecule has 0 saturated carbocycles. The number of aromatic hydroxyl groups is 2. The van der Waals surface area contributed by atoms with E-state index in [0.717, 1.165) is 5.56 Å². The molecule has 0 fully saturated rings. The standard InChI is InChI=1S/C19H25NO3/c1-19(2,3)20-12-18(23)16-10-14(21)11-17(22)15(16)9-13-7-5-4-6-8-13/h4-8,10-11,18,20-23H,9,12H2,1-3H3. The van der Waals surface area contributed by atoms with Gasteiger partial charge in [0.05, 0.1) is 6.10 Å². The van der Waals surface area contributed by atoms with Crippen LogP contribution in [0.15, 0.2) is 42.5 Å². The van der Waals surface area contributed by atoms with Gasteiger partial charge in [0.1, 0.15) is 11.5 Å². The third-order valence-electron chi connectivity index (χ3n) is 3.65. The molecule has 4 heteroatoms. The van der Waals surface area contributed by atoms with Crippen LogP contribution in [0, 0.1) is 0 Å². The minimum absolute atomic E-state index is 0.00124. The highest BCUT2D eigenvalue weighted by Gasteiger charge is 2.19. The van der Waals surface area contributed by atoms with Gasteiger partial charge in [0.2, 0.25) is 0 Å². The fourth-order valence-corrected chi connectivity index (χ4v) is 2.47. The summed E-state index contributed by atoms with van der Waals surface area (Å²) in [7, 11) is 0. The van der Waals surface area contributed by atoms with Crippen molar-refractivity contribution in [3.8, 4) is 11.5 Å². The van der Waals surface area contributed by atoms with E-state index >= 15 is 0 Å². The zero-order valence-electron chi connectivity index (χ0n) is 13.9. The molecule has 2 rings (SSSR count). The summed E-state index contributed by atoms with van der Waals surface area (Å²) in [4.78, 5) is 0. The topological polar surface area (TPSA) is 72.7 Å². The van der Waals surface area contributed by atoms with Crippen molar-refractivity contribution in [3.05, 3.63) is 59.2 Å². The van der Waals surface area contributed by atoms with Gasteiger partial charge in [-0.05, 0) is 38.0 Å². The Labute approximate surface area is 137 Å². The van der Waals surface area contributed by atoms with E-state index < -0.39 is 6.10 Å². The number of aliphatic hydroxyl groups is 1. The number of benzene rings is 2. The SMILES string of the molecule is CC(C)(C)NCC(O)c1cc(O)cc(O)c1Cc1ccccc1. The predicted molar refractivity (Wildman–Crippen MR) is 91.7 cm³/mol. The zero-order valence-corrected chi connectivity index (χ0v) is 13.9. The van der Waals surface area contributed by atoms with Crippen LogP contribution in [-0.4, -0.2) is 27.4 Å². The summed E-state index contributed by atoms with van der Waals surface area (Å²) in [5, 5.41) is 33.7. The molecule has 0 bridgehead atoms. The zero-order chi connectivity index (χ0) is 17.0. The lowest BCUT2D eigenvalue weighted by Crippen LogP contribution is -2.38. The molecule has 1 atom stereocenters. The van der Waals surface area contributed by atoms with E-state index in [1.165, 1.54) is 12.1 Å². The predicted octanol–water partition coefficient (Wildman–Crippen LogP) is 3.11. The van der Waals surface area contributed by atoms with Gasteiger partial charge in [0.15, 0.2) is 0 Å². The van der Waals surface area contributed by atoms with Crippen molar-refractivity contribution in [3.63, 3.8) is 0 Å². The Morgan fingerprint density at radius 1 is 1.04 bits per heavy atom. The van der Waals surface area contributed by atoms with Crippen molar-refractivity contribution < 1.29 is 15.3 Å². The number of hydrogen-bond acceptors (Lipinski definition) is 4. The van der Waals surface area contributed by atoms with Crippen LogP contribution in [0.4, 0.5) is 0 Å². The van der Waals surface area contributed by atoms with Crippen molar-refractivity contribution in [2.45, 2.75) is 38.8 Å². The van der Waals surface area contributed by atoms with E-state index in [9.17, 15) is 15.3 Å². The molecule has 0 aromatic heterocycles. The molecule has 0 spiro atoms. The van der Waals surface area contributed by atoms with E-state index in [2.05, 4.69) is 5.32 Å². The van der Waals surface area contributed by atoms with Crippen molar-refractivity contribution >= 4 is 0 Å². The fourth-order valence-electron chi connectivity index (χ4n) is 2.47. The molecule has 1 unspecified atom stereocenters. The number of aliphatic hydroxyl groups excluding tert-OH is 1. The number of rotatable bonds is 5. The van der Waals surface area contributed by atoms with E-state index in [1.807, 2.05) is 51.1 Å². The second-order valence-electron chi connectivity index (χ2n) is 6.84. The van der Waals surface area contributed by atoms with E-state index in [1.54, 1.807) is 0 Å². The van der Waals surface area contributed by atoms with Crippen LogP contribution < -0.4 is 5.32 Å². The molecule has 0 aliphatic heterocycles. The van der Waals surface area contributed by atoms with Gasteiger partial charge in [-0.1, -0.05) is 30.3 Å². The van der Waals surface area contributed by atoms with E-state index in [4.69, 9.17) is 0 Å². The second kappa shape index (κ2) is 7.02. The van der Waals surface area contributed by atoms with Crippen LogP contribution in [0.2, 0.25) is 0 Å². The highest BCUT2D eigenvalue weighted by Crippen LogP contribution is 2.33. The maximum Gasteiger partial charge on any atom is 0.123 e. The Kier molecular flexibility index (Phi) is 5.29. The monoisotopic (exact) mass is 315 g/mol. The third-order valence-corrected chi connectivity index (χ3v) is 3.65. The lowest BCUT2D eigenvalue weighted by atomic mass is 9.94. The first-order chi connectivity index (χ1) is 10.8. The molecule has 4 N–H and O–H groups in total. The van der Waals surface area contributed by atoms with Gasteiger partial charge in [-0.15, -0.1) is 0 Å². The Morgan fingerprint density at radius 3 is 2.30 bits per heavy atom. The van der Waals surface area contributed by atoms with Crippen molar-refractivity contribution in [1.29, 1.82) is 0 Å². The van der Waals surface area contributed by atoms with Crippen LogP contribution in [-0.2, 0) is 6.42 Å². The van der Waals surface area contributed by atoms with Crippen LogP contribution in [0.1, 0.15) is 43.6 Å². The molecule has 4 nitrogen and oxygen atoms in total. The molecule has 2 aromatic carbocycles. The molecule has 0 heterocycles. The minimum atomic E-state index is -0.814. The molecule has 0 aliphatic rings. The van der Waals surface area contributed by atoms with Gasteiger partial charge in [-0.25, -0.2) is 0 Å². The quantitative estimate of drug-likeness (QED) is 0.684. The smallest absolute Gasteiger partial charge is 0.123 e. The summed E-state index contributed by atoms with van der Waals surface area (Å²) in [5.41, 5.74) is 2.09. The van der Waals surface area contributed by atoms with Gasteiger partial charge in [0.25, 0.3) is 0 Å². The highest BCUT2D eigenvalue weighted by molar-refractivity contribution is 5.48. The minimum Gasteiger partial charge on any atom is -0.508 e. The highest BCUT2D eigenvalue weighted by atomic mass is 16.3. The molecule has 124 valence electrons. The third kappa shape index (κ3) is 4.98. The van der Waals surface area contributed by atoms with Crippen LogP contribution in [0.25, 0.3) is 0 Å². The first-order valence-electron chi connectivity index (χ1n) is 7.78. The van der Waals surface area contributed by atoms with Gasteiger partial charge >= 0.3 is 0 Å². The maximum atomic E-state index is 10.5. The number of phenolic OH excluding ortho intramolecular Hbond substituents is 2. The summed E-state index contributed by atoms with van der Waals surface area (Å²) in [6, 6.07) is 12.6. The summed E-state index contributed by atoms with van der Waals surface area (Å²) in [6.07, 6.45) is -0.319. The maximum absolute atomic E-state index is 10.5. The van der Waals surface area contributed by atoms with Gasteiger partial charge in [-0.3, -0.25) is 0 Å². The summed E-state index contributed by atoms with van der Waals surface area (Å²) in [6.45, 7) is 6.40. The number of nitrogens with one attached hydrogen (secondary N) is 1. The molecule has 23 heavy (non-hydrogen) atoms. The molecular formula is C19H25NO3. The lowest BCUT2D eigenvalue weighted by Gasteiger charge is -2.24. The average molecular weight is 315 g/mol. The number of hydrogen-bond donors (Lipinski definition) is 4. The summed E-state index contributed by atoms with van der Waals surface area (Å²) < 4.78 is 0. The normalized spacial score (nSPS) is 13.0. The Morgan fingerprint density at radius 2 is 1.70 bits per heavy atom. The molecule has 0 saturated heterocycles. The summed E-state index contributed by atoms with van der Waals surface area (Å²) >= 11 is 0. The molecule has 2 aromatic rings. The summed E-state index contributed by atoms with van der Waals surface area (Å²) in [5.74, 6) is -0.0530. The number of phenols is 2.